The van der Waals surface area contributed by atoms with Gasteiger partial charge in [0.05, 0.1) is 11.4 Å². The Labute approximate surface area is 351 Å². The average Bonchev–Trinajstić information content (AvgIpc) is 3.32. The maximum atomic E-state index is 2.34. The van der Waals surface area contributed by atoms with Crippen LogP contribution in [0.5, 0.6) is 0 Å². The highest BCUT2D eigenvalue weighted by molar-refractivity contribution is 6.00. The molecule has 0 saturated heterocycles. The first-order valence-corrected chi connectivity index (χ1v) is 20.5. The highest BCUT2D eigenvalue weighted by atomic mass is 15.1. The second kappa shape index (κ2) is 16.5. The minimum atomic E-state index is 1.12. The maximum Gasteiger partial charge on any atom is 0.0540 e. The van der Waals surface area contributed by atoms with Crippen molar-refractivity contribution in [1.82, 2.24) is 0 Å². The van der Waals surface area contributed by atoms with E-state index in [9.17, 15) is 0 Å². The van der Waals surface area contributed by atoms with E-state index >= 15 is 0 Å². The Hall–Kier alpha value is -7.94. The van der Waals surface area contributed by atoms with Crippen molar-refractivity contribution in [3.8, 4) is 0 Å². The number of hydrogen-bond donors (Lipinski definition) is 0. The third-order valence-electron chi connectivity index (χ3n) is 11.2. The summed E-state index contributed by atoms with van der Waals surface area (Å²) in [6.45, 7) is 0. The molecule has 0 aliphatic rings. The van der Waals surface area contributed by atoms with E-state index in [0.717, 1.165) is 45.3 Å². The van der Waals surface area contributed by atoms with Crippen LogP contribution < -0.4 is 9.80 Å². The Balaban J connectivity index is 0.851. The van der Waals surface area contributed by atoms with Crippen LogP contribution in [-0.2, 0) is 0 Å². The van der Waals surface area contributed by atoms with Gasteiger partial charge in [-0.15, -0.1) is 0 Å². The molecule has 0 amide bonds. The predicted octanol–water partition coefficient (Wildman–Crippen LogP) is 16.4. The Morgan fingerprint density at radius 1 is 0.233 bits per heavy atom. The monoisotopic (exact) mass is 766 g/mol. The van der Waals surface area contributed by atoms with Crippen molar-refractivity contribution >= 4 is 90.7 Å². The van der Waals surface area contributed by atoms with Crippen LogP contribution in [-0.4, -0.2) is 0 Å². The largest absolute Gasteiger partial charge is 0.310 e. The van der Waals surface area contributed by atoms with Crippen LogP contribution >= 0.6 is 0 Å². The van der Waals surface area contributed by atoms with E-state index in [-0.39, 0.29) is 0 Å². The second-order valence-electron chi connectivity index (χ2n) is 15.1. The van der Waals surface area contributed by atoms with Crippen LogP contribution in [0.15, 0.2) is 231 Å². The molecule has 0 heterocycles. The van der Waals surface area contributed by atoms with Crippen LogP contribution in [0, 0.1) is 0 Å². The SMILES string of the molecule is C(=Cc1ccc2cc(C=Cc3ccc(N(c4ccccc4)c4cccc5ccccc45)cc3)ccc2c1)c1ccc(N(c2ccccc2)c2cccc3ccccc23)cc1. The van der Waals surface area contributed by atoms with Crippen molar-refractivity contribution in [2.45, 2.75) is 0 Å². The fourth-order valence-corrected chi connectivity index (χ4v) is 8.16. The summed E-state index contributed by atoms with van der Waals surface area (Å²) in [7, 11) is 0. The molecule has 2 heteroatoms. The zero-order valence-corrected chi connectivity index (χ0v) is 33.1. The molecule has 0 aliphatic carbocycles. The summed E-state index contributed by atoms with van der Waals surface area (Å²) >= 11 is 0. The summed E-state index contributed by atoms with van der Waals surface area (Å²) in [6.07, 6.45) is 8.79. The van der Waals surface area contributed by atoms with Crippen LogP contribution in [0.1, 0.15) is 22.3 Å². The Morgan fingerprint density at radius 2 is 0.567 bits per heavy atom. The molecule has 0 radical (unpaired) electrons. The first-order valence-electron chi connectivity index (χ1n) is 20.5. The van der Waals surface area contributed by atoms with Crippen molar-refractivity contribution in [3.05, 3.63) is 253 Å². The van der Waals surface area contributed by atoms with Gasteiger partial charge in [0, 0.05) is 33.5 Å². The van der Waals surface area contributed by atoms with Gasteiger partial charge in [-0.25, -0.2) is 0 Å². The van der Waals surface area contributed by atoms with Crippen LogP contribution in [0.25, 0.3) is 56.6 Å². The summed E-state index contributed by atoms with van der Waals surface area (Å²) < 4.78 is 0. The molecule has 60 heavy (non-hydrogen) atoms. The van der Waals surface area contributed by atoms with Crippen molar-refractivity contribution in [3.63, 3.8) is 0 Å². The standard InChI is InChI=1S/C58H42N2/c1-3-17-51(18-4-1)59(57-23-11-15-47-13-7-9-21-55(47)57)53-37-31-43(32-38-53)25-27-45-29-35-50-42-46(30-36-49(50)41-45)28-26-44-33-39-54(40-34-44)60(52-19-5-2-6-20-52)58-24-12-16-48-14-8-10-22-56(48)58/h1-42H. The first kappa shape index (κ1) is 36.4. The normalized spacial score (nSPS) is 11.5. The Morgan fingerprint density at radius 3 is 1.00 bits per heavy atom. The maximum absolute atomic E-state index is 2.34. The Bertz CT molecular complexity index is 2900. The molecule has 0 bridgehead atoms. The molecule has 0 unspecified atom stereocenters. The quantitative estimate of drug-likeness (QED) is 0.128. The van der Waals surface area contributed by atoms with E-state index in [2.05, 4.69) is 265 Å². The molecule has 10 rings (SSSR count). The van der Waals surface area contributed by atoms with Gasteiger partial charge in [-0.1, -0.05) is 182 Å². The number of rotatable bonds is 10. The fraction of sp³-hybridized carbons (Fsp3) is 0. The average molecular weight is 767 g/mol. The van der Waals surface area contributed by atoms with Crippen molar-refractivity contribution in [1.29, 1.82) is 0 Å². The van der Waals surface area contributed by atoms with Crippen molar-refractivity contribution in [2.24, 2.45) is 0 Å². The molecule has 0 atom stereocenters. The second-order valence-corrected chi connectivity index (χ2v) is 15.1. The van der Waals surface area contributed by atoms with Gasteiger partial charge in [-0.3, -0.25) is 0 Å². The number of para-hydroxylation sites is 2. The minimum absolute atomic E-state index is 1.12. The Kier molecular flexibility index (Phi) is 10.0. The molecule has 284 valence electrons. The van der Waals surface area contributed by atoms with Crippen LogP contribution in [0.2, 0.25) is 0 Å². The van der Waals surface area contributed by atoms with Gasteiger partial charge in [0.2, 0.25) is 0 Å². The number of hydrogen-bond acceptors (Lipinski definition) is 2. The molecule has 10 aromatic rings. The lowest BCUT2D eigenvalue weighted by Crippen LogP contribution is -2.10. The van der Waals surface area contributed by atoms with Crippen LogP contribution in [0.3, 0.4) is 0 Å². The summed E-state index contributed by atoms with van der Waals surface area (Å²) in [4.78, 5) is 4.68. The van der Waals surface area contributed by atoms with Gasteiger partial charge in [-0.05, 0) is 117 Å². The molecule has 0 fully saturated rings. The number of nitrogens with zero attached hydrogens (tertiary/aromatic N) is 2. The number of anilines is 6. The summed E-state index contributed by atoms with van der Waals surface area (Å²) in [5, 5.41) is 7.34. The molecule has 0 saturated carbocycles. The van der Waals surface area contributed by atoms with Gasteiger partial charge in [0.15, 0.2) is 0 Å². The van der Waals surface area contributed by atoms with Gasteiger partial charge >= 0.3 is 0 Å². The summed E-state index contributed by atoms with van der Waals surface area (Å²) in [5.74, 6) is 0. The highest BCUT2D eigenvalue weighted by Gasteiger charge is 2.16. The van der Waals surface area contributed by atoms with E-state index < -0.39 is 0 Å². The smallest absolute Gasteiger partial charge is 0.0540 e. The molecule has 2 nitrogen and oxygen atoms in total. The number of benzene rings is 10. The summed E-state index contributed by atoms with van der Waals surface area (Å²) in [5.41, 5.74) is 11.5. The molecular formula is C58H42N2. The van der Waals surface area contributed by atoms with Crippen molar-refractivity contribution < 1.29 is 0 Å². The zero-order valence-electron chi connectivity index (χ0n) is 33.1. The molecular weight excluding hydrogens is 725 g/mol. The lowest BCUT2D eigenvalue weighted by atomic mass is 10.0. The van der Waals surface area contributed by atoms with Gasteiger partial charge in [0.25, 0.3) is 0 Å². The highest BCUT2D eigenvalue weighted by Crippen LogP contribution is 2.40. The van der Waals surface area contributed by atoms with E-state index in [1.807, 2.05) is 0 Å². The first-order chi connectivity index (χ1) is 29.7. The van der Waals surface area contributed by atoms with Crippen molar-refractivity contribution in [2.75, 3.05) is 9.80 Å². The van der Waals surface area contributed by atoms with Crippen LogP contribution in [0.4, 0.5) is 34.1 Å². The van der Waals surface area contributed by atoms with E-state index in [0.29, 0.717) is 0 Å². The lowest BCUT2D eigenvalue weighted by molar-refractivity contribution is 1.30. The molecule has 0 spiro atoms. The third kappa shape index (κ3) is 7.58. The van der Waals surface area contributed by atoms with Gasteiger partial charge in [-0.2, -0.15) is 0 Å². The minimum Gasteiger partial charge on any atom is -0.310 e. The molecule has 0 aromatic heterocycles. The van der Waals surface area contributed by atoms with Gasteiger partial charge < -0.3 is 9.80 Å². The number of fused-ring (bicyclic) bond motifs is 3. The third-order valence-corrected chi connectivity index (χ3v) is 11.2. The molecule has 0 aliphatic heterocycles. The fourth-order valence-electron chi connectivity index (χ4n) is 8.16. The molecule has 0 N–H and O–H groups in total. The van der Waals surface area contributed by atoms with Gasteiger partial charge in [0.1, 0.15) is 0 Å². The van der Waals surface area contributed by atoms with E-state index in [1.165, 1.54) is 43.4 Å². The van der Waals surface area contributed by atoms with E-state index in [1.54, 1.807) is 0 Å². The van der Waals surface area contributed by atoms with E-state index in [4.69, 9.17) is 0 Å². The predicted molar refractivity (Wildman–Crippen MR) is 259 cm³/mol. The topological polar surface area (TPSA) is 6.48 Å². The summed E-state index contributed by atoms with van der Waals surface area (Å²) in [6, 6.07) is 82.4. The zero-order chi connectivity index (χ0) is 40.1. The molecule has 10 aromatic carbocycles. The lowest BCUT2D eigenvalue weighted by Gasteiger charge is -2.27.